The lowest BCUT2D eigenvalue weighted by Crippen LogP contribution is -2.44. The minimum atomic E-state index is -3.93. The number of para-hydroxylation sites is 1. The molecular weight excluding hydrogens is 342 g/mol. The van der Waals surface area contributed by atoms with E-state index in [-0.39, 0.29) is 10.8 Å². The lowest BCUT2D eigenvalue weighted by molar-refractivity contribution is -0.140. The van der Waals surface area contributed by atoms with Crippen LogP contribution in [0.25, 0.3) is 0 Å². The average Bonchev–Trinajstić information content (AvgIpc) is 2.55. The normalized spacial score (nSPS) is 12.8. The number of hydrogen-bond acceptors (Lipinski definition) is 4. The zero-order valence-corrected chi connectivity index (χ0v) is 15.1. The van der Waals surface area contributed by atoms with Crippen molar-refractivity contribution < 1.29 is 23.1 Å². The molecule has 0 saturated heterocycles. The number of nitrogens with one attached hydrogen (secondary N) is 1. The molecule has 0 saturated carbocycles. The van der Waals surface area contributed by atoms with Crippen molar-refractivity contribution in [1.82, 2.24) is 4.72 Å². The van der Waals surface area contributed by atoms with Gasteiger partial charge in [-0.2, -0.15) is 4.72 Å². The summed E-state index contributed by atoms with van der Waals surface area (Å²) in [6, 6.07) is 12.1. The number of sulfonamides is 1. The Balaban J connectivity index is 2.18. The number of aryl methyl sites for hydroxylation is 1. The van der Waals surface area contributed by atoms with Gasteiger partial charge in [0.05, 0.1) is 4.90 Å². The second kappa shape index (κ2) is 7.67. The first kappa shape index (κ1) is 19.0. The Morgan fingerprint density at radius 3 is 2.20 bits per heavy atom. The zero-order chi connectivity index (χ0) is 18.6. The first-order valence-electron chi connectivity index (χ1n) is 7.79. The summed E-state index contributed by atoms with van der Waals surface area (Å²) in [6.07, 6.45) is 0. The fourth-order valence-corrected chi connectivity index (χ4v) is 3.53. The van der Waals surface area contributed by atoms with E-state index in [4.69, 9.17) is 9.84 Å². The van der Waals surface area contributed by atoms with Gasteiger partial charge in [-0.05, 0) is 48.7 Å². The van der Waals surface area contributed by atoms with Crippen molar-refractivity contribution in [2.45, 2.75) is 31.7 Å². The lowest BCUT2D eigenvalue weighted by Gasteiger charge is -2.18. The van der Waals surface area contributed by atoms with Gasteiger partial charge in [-0.15, -0.1) is 0 Å². The summed E-state index contributed by atoms with van der Waals surface area (Å²) in [6.45, 7) is 5.19. The van der Waals surface area contributed by atoms with Crippen LogP contribution in [0.5, 0.6) is 11.5 Å². The summed E-state index contributed by atoms with van der Waals surface area (Å²) >= 11 is 0. The number of carboxylic acids is 1. The van der Waals surface area contributed by atoms with Gasteiger partial charge in [0.2, 0.25) is 10.0 Å². The van der Waals surface area contributed by atoms with E-state index in [0.29, 0.717) is 11.5 Å². The first-order valence-corrected chi connectivity index (χ1v) is 9.27. The molecule has 134 valence electrons. The van der Waals surface area contributed by atoms with Crippen LogP contribution in [-0.2, 0) is 14.8 Å². The number of benzene rings is 2. The molecule has 0 radical (unpaired) electrons. The van der Waals surface area contributed by atoms with Crippen molar-refractivity contribution in [3.63, 3.8) is 0 Å². The molecule has 0 heterocycles. The Kier molecular flexibility index (Phi) is 5.81. The van der Waals surface area contributed by atoms with Crippen LogP contribution in [-0.4, -0.2) is 25.5 Å². The van der Waals surface area contributed by atoms with Crippen molar-refractivity contribution in [2.75, 3.05) is 0 Å². The molecule has 0 aromatic heterocycles. The number of carboxylic acid groups (broad SMARTS) is 1. The van der Waals surface area contributed by atoms with Crippen LogP contribution in [0.4, 0.5) is 0 Å². The largest absolute Gasteiger partial charge is 0.480 e. The van der Waals surface area contributed by atoms with E-state index in [1.165, 1.54) is 24.3 Å². The zero-order valence-electron chi connectivity index (χ0n) is 14.3. The van der Waals surface area contributed by atoms with Gasteiger partial charge in [0.15, 0.2) is 0 Å². The summed E-state index contributed by atoms with van der Waals surface area (Å²) in [5, 5.41) is 9.14. The summed E-state index contributed by atoms with van der Waals surface area (Å²) in [7, 11) is -3.93. The Morgan fingerprint density at radius 1 is 1.08 bits per heavy atom. The maximum Gasteiger partial charge on any atom is 0.322 e. The van der Waals surface area contributed by atoms with E-state index in [2.05, 4.69) is 4.72 Å². The highest BCUT2D eigenvalue weighted by Gasteiger charge is 2.27. The smallest absolute Gasteiger partial charge is 0.322 e. The van der Waals surface area contributed by atoms with E-state index in [1.807, 2.05) is 31.2 Å². The predicted molar refractivity (Wildman–Crippen MR) is 94.3 cm³/mol. The van der Waals surface area contributed by atoms with Crippen LogP contribution < -0.4 is 9.46 Å². The molecule has 0 fully saturated rings. The second-order valence-corrected chi connectivity index (χ2v) is 7.73. The van der Waals surface area contributed by atoms with E-state index in [9.17, 15) is 13.2 Å². The van der Waals surface area contributed by atoms with E-state index >= 15 is 0 Å². The molecule has 0 unspecified atom stereocenters. The third kappa shape index (κ3) is 4.80. The van der Waals surface area contributed by atoms with Crippen molar-refractivity contribution >= 4 is 16.0 Å². The fraction of sp³-hybridized carbons (Fsp3) is 0.278. The molecule has 1 atom stereocenters. The molecular formula is C18H21NO5S. The Hall–Kier alpha value is -2.38. The Labute approximate surface area is 147 Å². The standard InChI is InChI=1S/C18H21NO5S/c1-12(2)17(18(20)21)19-25(22,23)15-10-8-14(9-11-15)24-16-7-5-4-6-13(16)3/h4-12,17,19H,1-3H3,(H,20,21)/t17-/m1/s1. The van der Waals surface area contributed by atoms with Gasteiger partial charge < -0.3 is 9.84 Å². The molecule has 0 aliphatic rings. The van der Waals surface area contributed by atoms with Gasteiger partial charge in [0.1, 0.15) is 17.5 Å². The van der Waals surface area contributed by atoms with Crippen LogP contribution in [0.1, 0.15) is 19.4 Å². The number of hydrogen-bond donors (Lipinski definition) is 2. The Morgan fingerprint density at radius 2 is 1.68 bits per heavy atom. The molecule has 0 spiro atoms. The summed E-state index contributed by atoms with van der Waals surface area (Å²) in [5.41, 5.74) is 0.960. The van der Waals surface area contributed by atoms with Gasteiger partial charge in [-0.3, -0.25) is 4.79 Å². The van der Waals surface area contributed by atoms with E-state index < -0.39 is 22.0 Å². The third-order valence-electron chi connectivity index (χ3n) is 3.67. The molecule has 2 aromatic rings. The van der Waals surface area contributed by atoms with Crippen molar-refractivity contribution in [3.05, 3.63) is 54.1 Å². The maximum atomic E-state index is 12.4. The summed E-state index contributed by atoms with van der Waals surface area (Å²) < 4.78 is 32.7. The van der Waals surface area contributed by atoms with Crippen LogP contribution in [0, 0.1) is 12.8 Å². The van der Waals surface area contributed by atoms with Crippen LogP contribution in [0.2, 0.25) is 0 Å². The van der Waals surface area contributed by atoms with Crippen LogP contribution in [0.15, 0.2) is 53.4 Å². The second-order valence-electron chi connectivity index (χ2n) is 6.02. The van der Waals surface area contributed by atoms with E-state index in [0.717, 1.165) is 5.56 Å². The quantitative estimate of drug-likeness (QED) is 0.788. The van der Waals surface area contributed by atoms with Crippen molar-refractivity contribution in [2.24, 2.45) is 5.92 Å². The average molecular weight is 363 g/mol. The minimum Gasteiger partial charge on any atom is -0.480 e. The molecule has 0 aliphatic heterocycles. The predicted octanol–water partition coefficient (Wildman–Crippen LogP) is 3.17. The third-order valence-corrected chi connectivity index (χ3v) is 5.13. The highest BCUT2D eigenvalue weighted by molar-refractivity contribution is 7.89. The number of rotatable bonds is 7. The van der Waals surface area contributed by atoms with Gasteiger partial charge in [-0.1, -0.05) is 32.0 Å². The van der Waals surface area contributed by atoms with Gasteiger partial charge >= 0.3 is 5.97 Å². The van der Waals surface area contributed by atoms with Crippen molar-refractivity contribution in [1.29, 1.82) is 0 Å². The van der Waals surface area contributed by atoms with Crippen LogP contribution in [0.3, 0.4) is 0 Å². The summed E-state index contributed by atoms with van der Waals surface area (Å²) in [5.74, 6) is -0.414. The molecule has 2 rings (SSSR count). The van der Waals surface area contributed by atoms with Gasteiger partial charge in [0, 0.05) is 0 Å². The minimum absolute atomic E-state index is 0.0171. The maximum absolute atomic E-state index is 12.4. The van der Waals surface area contributed by atoms with Crippen LogP contribution >= 0.6 is 0 Å². The fourth-order valence-electron chi connectivity index (χ4n) is 2.19. The van der Waals surface area contributed by atoms with Crippen molar-refractivity contribution in [3.8, 4) is 11.5 Å². The number of carbonyl (C=O) groups is 1. The molecule has 6 nitrogen and oxygen atoms in total. The molecule has 7 heteroatoms. The Bertz CT molecular complexity index is 844. The molecule has 0 aliphatic carbocycles. The number of ether oxygens (including phenoxy) is 1. The molecule has 0 amide bonds. The first-order chi connectivity index (χ1) is 11.7. The highest BCUT2D eigenvalue weighted by Crippen LogP contribution is 2.25. The molecule has 2 aromatic carbocycles. The molecule has 25 heavy (non-hydrogen) atoms. The monoisotopic (exact) mass is 363 g/mol. The molecule has 2 N–H and O–H groups in total. The lowest BCUT2D eigenvalue weighted by atomic mass is 10.1. The molecule has 0 bridgehead atoms. The van der Waals surface area contributed by atoms with Gasteiger partial charge in [-0.25, -0.2) is 8.42 Å². The highest BCUT2D eigenvalue weighted by atomic mass is 32.2. The summed E-state index contributed by atoms with van der Waals surface area (Å²) in [4.78, 5) is 11.2. The number of aliphatic carboxylic acids is 1. The topological polar surface area (TPSA) is 92.7 Å². The van der Waals surface area contributed by atoms with E-state index in [1.54, 1.807) is 13.8 Å². The SMILES string of the molecule is Cc1ccccc1Oc1ccc(S(=O)(=O)N[C@@H](C(=O)O)C(C)C)cc1. The van der Waals surface area contributed by atoms with Gasteiger partial charge in [0.25, 0.3) is 0 Å².